The average Bonchev–Trinajstić information content (AvgIpc) is 2.80. The van der Waals surface area contributed by atoms with Gasteiger partial charge in [0.2, 0.25) is 0 Å². The van der Waals surface area contributed by atoms with Crippen molar-refractivity contribution in [1.29, 1.82) is 0 Å². The molecule has 0 aliphatic carbocycles. The van der Waals surface area contributed by atoms with Crippen molar-refractivity contribution < 1.29 is 5.11 Å². The largest absolute Gasteiger partial charge is 0.393 e. The highest BCUT2D eigenvalue weighted by Crippen LogP contribution is 2.26. The normalized spacial score (nSPS) is 25.7. The summed E-state index contributed by atoms with van der Waals surface area (Å²) in [6.07, 6.45) is 1.85. The van der Waals surface area contributed by atoms with Crippen LogP contribution in [0.3, 0.4) is 0 Å². The van der Waals surface area contributed by atoms with E-state index in [1.807, 2.05) is 0 Å². The van der Waals surface area contributed by atoms with Crippen LogP contribution in [-0.2, 0) is 12.0 Å². The van der Waals surface area contributed by atoms with Crippen LogP contribution in [0.15, 0.2) is 5.38 Å². The van der Waals surface area contributed by atoms with Gasteiger partial charge in [0.1, 0.15) is 5.01 Å². The van der Waals surface area contributed by atoms with Gasteiger partial charge in [-0.3, -0.25) is 4.90 Å². The maximum absolute atomic E-state index is 9.92. The minimum absolute atomic E-state index is 0.109. The van der Waals surface area contributed by atoms with Gasteiger partial charge in [-0.05, 0) is 18.8 Å². The van der Waals surface area contributed by atoms with Crippen LogP contribution in [0, 0.1) is 5.92 Å². The highest BCUT2D eigenvalue weighted by atomic mass is 32.1. The molecule has 108 valence electrons. The number of aromatic nitrogens is 1. The van der Waals surface area contributed by atoms with Gasteiger partial charge in [-0.25, -0.2) is 4.98 Å². The molecule has 2 heterocycles. The van der Waals surface area contributed by atoms with E-state index in [4.69, 9.17) is 4.98 Å². The van der Waals surface area contributed by atoms with Gasteiger partial charge < -0.3 is 5.11 Å². The second-order valence-electron chi connectivity index (χ2n) is 6.64. The molecule has 19 heavy (non-hydrogen) atoms. The second kappa shape index (κ2) is 5.90. The third-order valence-electron chi connectivity index (χ3n) is 3.98. The van der Waals surface area contributed by atoms with Gasteiger partial charge in [0.25, 0.3) is 0 Å². The zero-order valence-corrected chi connectivity index (χ0v) is 13.3. The Morgan fingerprint density at radius 1 is 1.47 bits per heavy atom. The fourth-order valence-corrected chi connectivity index (χ4v) is 3.62. The van der Waals surface area contributed by atoms with E-state index in [-0.39, 0.29) is 11.5 Å². The van der Waals surface area contributed by atoms with Crippen LogP contribution in [0.2, 0.25) is 0 Å². The first-order valence-corrected chi connectivity index (χ1v) is 8.13. The lowest BCUT2D eigenvalue weighted by molar-refractivity contribution is 0.0221. The topological polar surface area (TPSA) is 36.4 Å². The number of thiazole rings is 1. The summed E-state index contributed by atoms with van der Waals surface area (Å²) >= 11 is 1.76. The molecule has 1 aromatic heterocycles. The Morgan fingerprint density at radius 3 is 2.79 bits per heavy atom. The minimum atomic E-state index is -0.109. The summed E-state index contributed by atoms with van der Waals surface area (Å²) < 4.78 is 0. The molecular weight excluding hydrogens is 256 g/mol. The quantitative estimate of drug-likeness (QED) is 0.926. The number of piperidine rings is 1. The van der Waals surface area contributed by atoms with Crippen molar-refractivity contribution in [3.05, 3.63) is 16.1 Å². The van der Waals surface area contributed by atoms with Crippen LogP contribution in [-0.4, -0.2) is 34.2 Å². The summed E-state index contributed by atoms with van der Waals surface area (Å²) in [6, 6.07) is 0. The van der Waals surface area contributed by atoms with Crippen LogP contribution in [0.25, 0.3) is 0 Å². The molecule has 1 fully saturated rings. The van der Waals surface area contributed by atoms with Crippen LogP contribution >= 0.6 is 11.3 Å². The Kier molecular flexibility index (Phi) is 4.64. The van der Waals surface area contributed by atoms with Gasteiger partial charge in [0, 0.05) is 23.9 Å². The summed E-state index contributed by atoms with van der Waals surface area (Å²) in [7, 11) is 0. The lowest BCUT2D eigenvalue weighted by Gasteiger charge is -2.35. The van der Waals surface area contributed by atoms with Gasteiger partial charge in [0.15, 0.2) is 0 Å². The second-order valence-corrected chi connectivity index (χ2v) is 7.58. The van der Waals surface area contributed by atoms with Crippen molar-refractivity contribution in [1.82, 2.24) is 9.88 Å². The lowest BCUT2D eigenvalue weighted by atomic mass is 9.92. The first-order valence-electron chi connectivity index (χ1n) is 7.25. The Morgan fingerprint density at radius 2 is 2.21 bits per heavy atom. The Labute approximate surface area is 120 Å². The average molecular weight is 282 g/mol. The van der Waals surface area contributed by atoms with E-state index in [2.05, 4.69) is 38.0 Å². The molecule has 0 spiro atoms. The predicted octanol–water partition coefficient (Wildman–Crippen LogP) is 3.03. The molecule has 2 rings (SSSR count). The van der Waals surface area contributed by atoms with E-state index in [0.29, 0.717) is 5.92 Å². The summed E-state index contributed by atoms with van der Waals surface area (Å²) in [5.41, 5.74) is 1.33. The molecule has 0 radical (unpaired) electrons. The monoisotopic (exact) mass is 282 g/mol. The molecule has 4 heteroatoms. The summed E-state index contributed by atoms with van der Waals surface area (Å²) in [5, 5.41) is 13.3. The molecule has 3 nitrogen and oxygen atoms in total. The summed E-state index contributed by atoms with van der Waals surface area (Å²) in [6.45, 7) is 11.7. The van der Waals surface area contributed by atoms with Crippen molar-refractivity contribution in [2.24, 2.45) is 5.92 Å². The molecule has 1 aliphatic rings. The fourth-order valence-electron chi connectivity index (χ4n) is 2.56. The number of nitrogens with zero attached hydrogens (tertiary/aromatic N) is 2. The Balaban J connectivity index is 1.96. The number of aliphatic hydroxyl groups is 1. The number of rotatable bonds is 3. The number of likely N-dealkylation sites (tertiary alicyclic amines) is 1. The van der Waals surface area contributed by atoms with Crippen molar-refractivity contribution >= 4 is 11.3 Å². The van der Waals surface area contributed by atoms with E-state index in [1.165, 1.54) is 10.7 Å². The van der Waals surface area contributed by atoms with E-state index < -0.39 is 0 Å². The zero-order valence-electron chi connectivity index (χ0n) is 12.5. The molecule has 0 bridgehead atoms. The smallest absolute Gasteiger partial charge is 0.107 e. The fraction of sp³-hybridized carbons (Fsp3) is 0.800. The number of hydrogen-bond donors (Lipinski definition) is 1. The number of aliphatic hydroxyl groups excluding tert-OH is 1. The highest BCUT2D eigenvalue weighted by Gasteiger charge is 2.27. The van der Waals surface area contributed by atoms with Crippen molar-refractivity contribution in [3.63, 3.8) is 0 Å². The van der Waals surface area contributed by atoms with Gasteiger partial charge in [-0.1, -0.05) is 27.7 Å². The maximum atomic E-state index is 9.92. The molecule has 1 aromatic rings. The molecule has 0 aromatic carbocycles. The SMILES string of the molecule is CCC1CN(Cc2nc(C(C)(C)C)cs2)CCC1O. The van der Waals surface area contributed by atoms with Crippen LogP contribution < -0.4 is 0 Å². The van der Waals surface area contributed by atoms with Crippen LogP contribution in [0.4, 0.5) is 0 Å². The molecular formula is C15H26N2OS. The van der Waals surface area contributed by atoms with Crippen molar-refractivity contribution in [3.8, 4) is 0 Å². The maximum Gasteiger partial charge on any atom is 0.107 e. The van der Waals surface area contributed by atoms with Gasteiger partial charge in [-0.15, -0.1) is 11.3 Å². The third-order valence-corrected chi connectivity index (χ3v) is 4.81. The van der Waals surface area contributed by atoms with Crippen LogP contribution in [0.5, 0.6) is 0 Å². The minimum Gasteiger partial charge on any atom is -0.393 e. The summed E-state index contributed by atoms with van der Waals surface area (Å²) in [5.74, 6) is 0.427. The zero-order chi connectivity index (χ0) is 14.0. The lowest BCUT2D eigenvalue weighted by Crippen LogP contribution is -2.42. The Hall–Kier alpha value is -0.450. The highest BCUT2D eigenvalue weighted by molar-refractivity contribution is 7.09. The molecule has 2 atom stereocenters. The van der Waals surface area contributed by atoms with E-state index in [9.17, 15) is 5.11 Å². The van der Waals surface area contributed by atoms with E-state index in [0.717, 1.165) is 32.5 Å². The molecule has 0 saturated carbocycles. The Bertz CT molecular complexity index is 411. The number of hydrogen-bond acceptors (Lipinski definition) is 4. The first-order chi connectivity index (χ1) is 8.90. The van der Waals surface area contributed by atoms with E-state index in [1.54, 1.807) is 11.3 Å². The molecule has 1 aliphatic heterocycles. The van der Waals surface area contributed by atoms with Gasteiger partial charge >= 0.3 is 0 Å². The van der Waals surface area contributed by atoms with Crippen molar-refractivity contribution in [2.45, 2.75) is 58.6 Å². The summed E-state index contributed by atoms with van der Waals surface area (Å²) in [4.78, 5) is 7.20. The van der Waals surface area contributed by atoms with Gasteiger partial charge in [0.05, 0.1) is 18.3 Å². The molecule has 1 saturated heterocycles. The third kappa shape index (κ3) is 3.77. The molecule has 1 N–H and O–H groups in total. The first kappa shape index (κ1) is 14.9. The molecule has 2 unspecified atom stereocenters. The van der Waals surface area contributed by atoms with Crippen LogP contribution in [0.1, 0.15) is 51.2 Å². The van der Waals surface area contributed by atoms with Gasteiger partial charge in [-0.2, -0.15) is 0 Å². The standard InChI is InChI=1S/C15H26N2OS/c1-5-11-8-17(7-6-12(11)18)9-14-16-13(10-19-14)15(2,3)4/h10-12,18H,5-9H2,1-4H3. The predicted molar refractivity (Wildman–Crippen MR) is 80.5 cm³/mol. The van der Waals surface area contributed by atoms with Crippen molar-refractivity contribution in [2.75, 3.05) is 13.1 Å². The van der Waals surface area contributed by atoms with E-state index >= 15 is 0 Å². The molecule has 0 amide bonds.